The molecule has 3 aromatic heterocycles. The summed E-state index contributed by atoms with van der Waals surface area (Å²) in [5.41, 5.74) is 5.92. The highest BCUT2D eigenvalue weighted by atomic mass is 16.6. The summed E-state index contributed by atoms with van der Waals surface area (Å²) < 4.78 is 12.5. The first-order valence-electron chi connectivity index (χ1n) is 8.59. The van der Waals surface area contributed by atoms with Gasteiger partial charge in [-0.3, -0.25) is 0 Å². The number of amides is 1. The minimum absolute atomic E-state index is 0.187. The van der Waals surface area contributed by atoms with Crippen molar-refractivity contribution in [2.75, 3.05) is 0 Å². The summed E-state index contributed by atoms with van der Waals surface area (Å²) >= 11 is 0. The molecule has 8 heteroatoms. The normalized spacial score (nSPS) is 15.8. The summed E-state index contributed by atoms with van der Waals surface area (Å²) in [6.45, 7) is 0. The van der Waals surface area contributed by atoms with Crippen molar-refractivity contribution in [1.29, 1.82) is 0 Å². The van der Waals surface area contributed by atoms with Crippen LogP contribution in [0.2, 0.25) is 0 Å². The molecule has 0 aromatic carbocycles. The van der Waals surface area contributed by atoms with Gasteiger partial charge in [0.25, 0.3) is 0 Å². The number of nitrogens with zero attached hydrogens (tertiary/aromatic N) is 4. The molecule has 1 aliphatic carbocycles. The highest BCUT2D eigenvalue weighted by Crippen LogP contribution is 2.38. The van der Waals surface area contributed by atoms with Gasteiger partial charge in [0.1, 0.15) is 6.10 Å². The van der Waals surface area contributed by atoms with Crippen LogP contribution in [0.1, 0.15) is 37.5 Å². The molecule has 26 heavy (non-hydrogen) atoms. The SMILES string of the molecule is NC(=O)OC(c1cc(-n2cccn2)nc(-c2ccco2)n1)C1CCCC1. The Morgan fingerprint density at radius 1 is 1.31 bits per heavy atom. The van der Waals surface area contributed by atoms with Gasteiger partial charge < -0.3 is 14.9 Å². The van der Waals surface area contributed by atoms with E-state index in [1.165, 1.54) is 0 Å². The Hall–Kier alpha value is -3.16. The number of aromatic nitrogens is 4. The van der Waals surface area contributed by atoms with E-state index in [0.29, 0.717) is 23.1 Å². The van der Waals surface area contributed by atoms with Gasteiger partial charge in [0.2, 0.25) is 0 Å². The predicted octanol–water partition coefficient (Wildman–Crippen LogP) is 3.25. The minimum atomic E-state index is -0.805. The molecule has 0 aliphatic heterocycles. The molecule has 8 nitrogen and oxygen atoms in total. The van der Waals surface area contributed by atoms with E-state index >= 15 is 0 Å². The number of hydrogen-bond donors (Lipinski definition) is 1. The molecule has 0 bridgehead atoms. The molecule has 1 saturated carbocycles. The summed E-state index contributed by atoms with van der Waals surface area (Å²) in [5, 5.41) is 4.23. The molecule has 134 valence electrons. The van der Waals surface area contributed by atoms with Crippen molar-refractivity contribution in [3.05, 3.63) is 48.6 Å². The molecule has 0 spiro atoms. The van der Waals surface area contributed by atoms with Crippen LogP contribution in [0.3, 0.4) is 0 Å². The summed E-state index contributed by atoms with van der Waals surface area (Å²) in [6, 6.07) is 7.15. The van der Waals surface area contributed by atoms with Crippen LogP contribution in [0.4, 0.5) is 4.79 Å². The summed E-state index contributed by atoms with van der Waals surface area (Å²) in [4.78, 5) is 20.6. The Labute approximate surface area is 150 Å². The number of carbonyl (C=O) groups is 1. The molecule has 2 N–H and O–H groups in total. The Bertz CT molecular complexity index is 818. The number of nitrogens with two attached hydrogens (primary N) is 1. The van der Waals surface area contributed by atoms with Crippen LogP contribution < -0.4 is 5.73 Å². The highest BCUT2D eigenvalue weighted by Gasteiger charge is 2.31. The van der Waals surface area contributed by atoms with Crippen molar-refractivity contribution in [2.24, 2.45) is 11.7 Å². The summed E-state index contributed by atoms with van der Waals surface area (Å²) in [7, 11) is 0. The number of ether oxygens (including phenoxy) is 1. The fourth-order valence-electron chi connectivity index (χ4n) is 3.42. The van der Waals surface area contributed by atoms with Gasteiger partial charge in [-0.15, -0.1) is 0 Å². The molecule has 3 heterocycles. The largest absolute Gasteiger partial charge is 0.461 e. The Morgan fingerprint density at radius 2 is 2.15 bits per heavy atom. The molecule has 1 amide bonds. The van der Waals surface area contributed by atoms with Crippen molar-refractivity contribution >= 4 is 6.09 Å². The number of rotatable bonds is 5. The smallest absolute Gasteiger partial charge is 0.405 e. The molecule has 1 atom stereocenters. The van der Waals surface area contributed by atoms with Crippen LogP contribution >= 0.6 is 0 Å². The number of hydrogen-bond acceptors (Lipinski definition) is 6. The van der Waals surface area contributed by atoms with Gasteiger partial charge in [-0.25, -0.2) is 19.4 Å². The first-order valence-corrected chi connectivity index (χ1v) is 8.59. The summed E-state index contributed by atoms with van der Waals surface area (Å²) in [5.74, 6) is 1.70. The molecule has 3 aromatic rings. The van der Waals surface area contributed by atoms with Crippen molar-refractivity contribution in [2.45, 2.75) is 31.8 Å². The highest BCUT2D eigenvalue weighted by molar-refractivity contribution is 5.65. The molecule has 1 aliphatic rings. The van der Waals surface area contributed by atoms with E-state index in [1.807, 2.05) is 6.07 Å². The maximum absolute atomic E-state index is 11.5. The van der Waals surface area contributed by atoms with E-state index < -0.39 is 12.2 Å². The third kappa shape index (κ3) is 3.30. The van der Waals surface area contributed by atoms with E-state index in [1.54, 1.807) is 41.5 Å². The summed E-state index contributed by atoms with van der Waals surface area (Å²) in [6.07, 6.45) is 7.84. The standard InChI is InChI=1S/C18H19N5O3/c19-18(24)26-16(12-5-1-2-6-12)13-11-15(23-9-4-8-20-23)22-17(21-13)14-7-3-10-25-14/h3-4,7-12,16H,1-2,5-6H2,(H2,19,24). The molecule has 0 radical (unpaired) electrons. The first-order chi connectivity index (χ1) is 12.7. The van der Waals surface area contributed by atoms with E-state index in [-0.39, 0.29) is 5.92 Å². The van der Waals surface area contributed by atoms with Crippen LogP contribution in [-0.2, 0) is 4.74 Å². The third-order valence-corrected chi connectivity index (χ3v) is 4.58. The molecule has 1 fully saturated rings. The van der Waals surface area contributed by atoms with E-state index in [9.17, 15) is 4.79 Å². The van der Waals surface area contributed by atoms with Crippen molar-refractivity contribution < 1.29 is 13.9 Å². The van der Waals surface area contributed by atoms with Crippen LogP contribution in [0.25, 0.3) is 17.4 Å². The second-order valence-corrected chi connectivity index (χ2v) is 6.30. The van der Waals surface area contributed by atoms with Crippen LogP contribution in [-0.4, -0.2) is 25.8 Å². The Morgan fingerprint density at radius 3 is 2.81 bits per heavy atom. The van der Waals surface area contributed by atoms with Gasteiger partial charge in [-0.05, 0) is 31.0 Å². The second-order valence-electron chi connectivity index (χ2n) is 6.30. The van der Waals surface area contributed by atoms with Gasteiger partial charge >= 0.3 is 6.09 Å². The lowest BCUT2D eigenvalue weighted by molar-refractivity contribution is 0.0667. The lowest BCUT2D eigenvalue weighted by atomic mass is 9.97. The van der Waals surface area contributed by atoms with E-state index in [0.717, 1.165) is 25.7 Å². The third-order valence-electron chi connectivity index (χ3n) is 4.58. The second kappa shape index (κ2) is 6.99. The molecule has 4 rings (SSSR count). The minimum Gasteiger partial charge on any atom is -0.461 e. The maximum atomic E-state index is 11.5. The van der Waals surface area contributed by atoms with Crippen molar-refractivity contribution in [1.82, 2.24) is 19.7 Å². The van der Waals surface area contributed by atoms with Gasteiger partial charge in [-0.2, -0.15) is 5.10 Å². The molecule has 1 unspecified atom stereocenters. The fraction of sp³-hybridized carbons (Fsp3) is 0.333. The lowest BCUT2D eigenvalue weighted by Crippen LogP contribution is -2.23. The Kier molecular flexibility index (Phi) is 4.39. The zero-order chi connectivity index (χ0) is 17.9. The van der Waals surface area contributed by atoms with Gasteiger partial charge in [0, 0.05) is 24.4 Å². The molecular formula is C18H19N5O3. The monoisotopic (exact) mass is 353 g/mol. The average molecular weight is 353 g/mol. The van der Waals surface area contributed by atoms with Gasteiger partial charge in [0.15, 0.2) is 17.4 Å². The van der Waals surface area contributed by atoms with Crippen molar-refractivity contribution in [3.63, 3.8) is 0 Å². The predicted molar refractivity (Wildman–Crippen MR) is 92.2 cm³/mol. The molecule has 0 saturated heterocycles. The van der Waals surface area contributed by atoms with E-state index in [2.05, 4.69) is 15.1 Å². The first kappa shape index (κ1) is 16.3. The van der Waals surface area contributed by atoms with Crippen LogP contribution in [0.5, 0.6) is 0 Å². The average Bonchev–Trinajstić information content (AvgIpc) is 3.42. The number of furan rings is 1. The van der Waals surface area contributed by atoms with E-state index in [4.69, 9.17) is 14.9 Å². The topological polar surface area (TPSA) is 109 Å². The van der Waals surface area contributed by atoms with Crippen LogP contribution in [0.15, 0.2) is 47.3 Å². The van der Waals surface area contributed by atoms with Gasteiger partial charge in [0.05, 0.1) is 12.0 Å². The Balaban J connectivity index is 1.81. The van der Waals surface area contributed by atoms with Gasteiger partial charge in [-0.1, -0.05) is 12.8 Å². The lowest BCUT2D eigenvalue weighted by Gasteiger charge is -2.23. The van der Waals surface area contributed by atoms with Crippen LogP contribution in [0, 0.1) is 5.92 Å². The quantitative estimate of drug-likeness (QED) is 0.754. The number of carbonyl (C=O) groups excluding carboxylic acids is 1. The zero-order valence-corrected chi connectivity index (χ0v) is 14.1. The van der Waals surface area contributed by atoms with Crippen molar-refractivity contribution in [3.8, 4) is 17.4 Å². The number of primary amides is 1. The zero-order valence-electron chi connectivity index (χ0n) is 14.1. The fourth-order valence-corrected chi connectivity index (χ4v) is 3.42. The maximum Gasteiger partial charge on any atom is 0.405 e. The molecular weight excluding hydrogens is 334 g/mol.